The van der Waals surface area contributed by atoms with E-state index in [2.05, 4.69) is 21.2 Å². The zero-order valence-electron chi connectivity index (χ0n) is 11.4. The van der Waals surface area contributed by atoms with Gasteiger partial charge in [-0.3, -0.25) is 14.9 Å². The summed E-state index contributed by atoms with van der Waals surface area (Å²) in [5.74, 6) is -1.38. The van der Waals surface area contributed by atoms with E-state index in [9.17, 15) is 19.3 Å². The summed E-state index contributed by atoms with van der Waals surface area (Å²) in [7, 11) is 0. The number of rotatable bonds is 5. The van der Waals surface area contributed by atoms with Gasteiger partial charge in [0.15, 0.2) is 12.4 Å². The number of hydrogen-bond acceptors (Lipinski definition) is 4. The van der Waals surface area contributed by atoms with Crippen molar-refractivity contribution in [1.82, 2.24) is 0 Å². The van der Waals surface area contributed by atoms with Gasteiger partial charge >= 0.3 is 5.69 Å². The molecular formula is C14H9BrClFN2O4. The summed E-state index contributed by atoms with van der Waals surface area (Å²) < 4.78 is 19.2. The number of halogens is 3. The minimum atomic E-state index is -0.673. The number of nitrogens with one attached hydrogen (secondary N) is 1. The maximum absolute atomic E-state index is 13.6. The predicted octanol–water partition coefficient (Wildman–Crippen LogP) is 4.17. The second-order valence-corrected chi connectivity index (χ2v) is 5.68. The molecule has 0 bridgehead atoms. The van der Waals surface area contributed by atoms with Crippen LogP contribution < -0.4 is 10.1 Å². The Morgan fingerprint density at radius 3 is 2.74 bits per heavy atom. The van der Waals surface area contributed by atoms with Gasteiger partial charge < -0.3 is 10.1 Å². The molecule has 0 radical (unpaired) electrons. The van der Waals surface area contributed by atoms with Gasteiger partial charge in [-0.2, -0.15) is 0 Å². The molecule has 0 spiro atoms. The lowest BCUT2D eigenvalue weighted by Crippen LogP contribution is -2.21. The third-order valence-electron chi connectivity index (χ3n) is 2.68. The second kappa shape index (κ2) is 7.38. The molecule has 0 aliphatic carbocycles. The molecule has 0 unspecified atom stereocenters. The van der Waals surface area contributed by atoms with Gasteiger partial charge in [-0.1, -0.05) is 27.5 Å². The highest BCUT2D eigenvalue weighted by Gasteiger charge is 2.17. The highest BCUT2D eigenvalue weighted by atomic mass is 79.9. The molecule has 1 N–H and O–H groups in total. The quantitative estimate of drug-likeness (QED) is 0.600. The van der Waals surface area contributed by atoms with Crippen molar-refractivity contribution >= 4 is 44.8 Å². The first kappa shape index (κ1) is 17.2. The molecule has 0 saturated carbocycles. The van der Waals surface area contributed by atoms with Crippen LogP contribution in [0.25, 0.3) is 0 Å². The Morgan fingerprint density at radius 1 is 1.35 bits per heavy atom. The number of carbonyl (C=O) groups is 1. The van der Waals surface area contributed by atoms with Crippen LogP contribution >= 0.6 is 27.5 Å². The first-order chi connectivity index (χ1) is 10.9. The molecule has 0 aromatic heterocycles. The highest BCUT2D eigenvalue weighted by molar-refractivity contribution is 9.10. The van der Waals surface area contributed by atoms with E-state index in [1.807, 2.05) is 0 Å². The first-order valence-electron chi connectivity index (χ1n) is 6.18. The number of benzene rings is 2. The van der Waals surface area contributed by atoms with Gasteiger partial charge in [0.25, 0.3) is 5.91 Å². The number of anilines is 1. The summed E-state index contributed by atoms with van der Waals surface area (Å²) in [6.07, 6.45) is 0. The van der Waals surface area contributed by atoms with Crippen molar-refractivity contribution in [2.24, 2.45) is 0 Å². The SMILES string of the molecule is O=C(COc1ccc(Cl)cc1[N+](=O)[O-])Nc1ccc(Br)cc1F. The molecule has 120 valence electrons. The number of carbonyl (C=O) groups excluding carboxylic acids is 1. The number of nitrogens with zero attached hydrogens (tertiary/aromatic N) is 1. The Morgan fingerprint density at radius 2 is 2.09 bits per heavy atom. The molecule has 6 nitrogen and oxygen atoms in total. The smallest absolute Gasteiger partial charge is 0.312 e. The lowest BCUT2D eigenvalue weighted by atomic mass is 10.3. The van der Waals surface area contributed by atoms with E-state index in [1.165, 1.54) is 24.3 Å². The van der Waals surface area contributed by atoms with Gasteiger partial charge in [0.1, 0.15) is 5.82 Å². The van der Waals surface area contributed by atoms with E-state index in [0.717, 1.165) is 6.07 Å². The van der Waals surface area contributed by atoms with Crippen molar-refractivity contribution in [3.8, 4) is 5.75 Å². The van der Waals surface area contributed by atoms with E-state index < -0.39 is 23.3 Å². The van der Waals surface area contributed by atoms with E-state index >= 15 is 0 Å². The van der Waals surface area contributed by atoms with E-state index in [1.54, 1.807) is 6.07 Å². The molecule has 23 heavy (non-hydrogen) atoms. The molecule has 1 amide bonds. The summed E-state index contributed by atoms with van der Waals surface area (Å²) in [4.78, 5) is 22.0. The number of ether oxygens (including phenoxy) is 1. The number of hydrogen-bond donors (Lipinski definition) is 1. The molecular weight excluding hydrogens is 395 g/mol. The Kier molecular flexibility index (Phi) is 5.51. The summed E-state index contributed by atoms with van der Waals surface area (Å²) in [6.45, 7) is -0.516. The fourth-order valence-corrected chi connectivity index (χ4v) is 2.18. The van der Waals surface area contributed by atoms with Gasteiger partial charge in [0, 0.05) is 15.6 Å². The molecule has 0 aliphatic rings. The van der Waals surface area contributed by atoms with Crippen LogP contribution in [0.1, 0.15) is 0 Å². The van der Waals surface area contributed by atoms with Crippen LogP contribution in [-0.2, 0) is 4.79 Å². The van der Waals surface area contributed by atoms with Gasteiger partial charge in [0.2, 0.25) is 0 Å². The summed E-state index contributed by atoms with van der Waals surface area (Å²) >= 11 is 8.78. The Balaban J connectivity index is 2.03. The standard InChI is InChI=1S/C14H9BrClFN2O4/c15-8-1-3-11(10(17)5-8)18-14(20)7-23-13-4-2-9(16)6-12(13)19(21)22/h1-6H,7H2,(H,18,20). The van der Waals surface area contributed by atoms with Crippen LogP contribution in [0.3, 0.4) is 0 Å². The van der Waals surface area contributed by atoms with Crippen LogP contribution in [0.15, 0.2) is 40.9 Å². The van der Waals surface area contributed by atoms with E-state index in [-0.39, 0.29) is 22.1 Å². The summed E-state index contributed by atoms with van der Waals surface area (Å²) in [5.41, 5.74) is -0.382. The van der Waals surface area contributed by atoms with Crippen LogP contribution in [0.4, 0.5) is 15.8 Å². The molecule has 0 atom stereocenters. The zero-order valence-corrected chi connectivity index (χ0v) is 13.7. The first-order valence-corrected chi connectivity index (χ1v) is 7.35. The van der Waals surface area contributed by atoms with Crippen LogP contribution in [0.2, 0.25) is 5.02 Å². The second-order valence-electron chi connectivity index (χ2n) is 4.33. The molecule has 0 heterocycles. The van der Waals surface area contributed by atoms with Gasteiger partial charge in [-0.05, 0) is 30.3 Å². The van der Waals surface area contributed by atoms with Crippen molar-refractivity contribution < 1.29 is 18.8 Å². The summed E-state index contributed by atoms with van der Waals surface area (Å²) in [6, 6.07) is 7.93. The van der Waals surface area contributed by atoms with Crippen LogP contribution in [0.5, 0.6) is 5.75 Å². The third-order valence-corrected chi connectivity index (χ3v) is 3.41. The van der Waals surface area contributed by atoms with Crippen molar-refractivity contribution in [1.29, 1.82) is 0 Å². The van der Waals surface area contributed by atoms with Crippen molar-refractivity contribution in [2.45, 2.75) is 0 Å². The number of nitro groups is 1. The predicted molar refractivity (Wildman–Crippen MR) is 86.3 cm³/mol. The van der Waals surface area contributed by atoms with E-state index in [4.69, 9.17) is 16.3 Å². The Labute approximate surface area is 143 Å². The minimum Gasteiger partial charge on any atom is -0.477 e. The highest BCUT2D eigenvalue weighted by Crippen LogP contribution is 2.29. The molecule has 0 saturated heterocycles. The van der Waals surface area contributed by atoms with Crippen molar-refractivity contribution in [3.05, 3.63) is 61.8 Å². The molecule has 0 aliphatic heterocycles. The maximum atomic E-state index is 13.6. The molecule has 2 aromatic carbocycles. The monoisotopic (exact) mass is 402 g/mol. The largest absolute Gasteiger partial charge is 0.477 e. The average molecular weight is 404 g/mol. The van der Waals surface area contributed by atoms with Gasteiger partial charge in [-0.25, -0.2) is 4.39 Å². The maximum Gasteiger partial charge on any atom is 0.312 e. The van der Waals surface area contributed by atoms with E-state index in [0.29, 0.717) is 4.47 Å². The normalized spacial score (nSPS) is 10.2. The minimum absolute atomic E-state index is 0.0209. The van der Waals surface area contributed by atoms with Gasteiger partial charge in [-0.15, -0.1) is 0 Å². The number of amides is 1. The lowest BCUT2D eigenvalue weighted by molar-refractivity contribution is -0.385. The fourth-order valence-electron chi connectivity index (χ4n) is 1.68. The zero-order chi connectivity index (χ0) is 17.0. The topological polar surface area (TPSA) is 81.5 Å². The van der Waals surface area contributed by atoms with Crippen molar-refractivity contribution in [2.75, 3.05) is 11.9 Å². The van der Waals surface area contributed by atoms with Crippen LogP contribution in [-0.4, -0.2) is 17.4 Å². The lowest BCUT2D eigenvalue weighted by Gasteiger charge is -2.09. The third kappa shape index (κ3) is 4.64. The Hall–Kier alpha value is -2.19. The van der Waals surface area contributed by atoms with Gasteiger partial charge in [0.05, 0.1) is 10.6 Å². The molecule has 9 heteroatoms. The summed E-state index contributed by atoms with van der Waals surface area (Å²) in [5, 5.41) is 13.4. The Bertz CT molecular complexity index is 772. The number of nitro benzene ring substituents is 1. The molecule has 2 rings (SSSR count). The fraction of sp³-hybridized carbons (Fsp3) is 0.0714. The molecule has 0 fully saturated rings. The van der Waals surface area contributed by atoms with Crippen LogP contribution in [0, 0.1) is 15.9 Å². The average Bonchev–Trinajstić information content (AvgIpc) is 2.48. The molecule has 2 aromatic rings. The van der Waals surface area contributed by atoms with Crippen molar-refractivity contribution in [3.63, 3.8) is 0 Å².